The molecule has 1 atom stereocenters. The van der Waals surface area contributed by atoms with Crippen molar-refractivity contribution >= 4 is 33.3 Å². The van der Waals surface area contributed by atoms with Gasteiger partial charge in [0, 0.05) is 25.1 Å². The number of rotatable bonds is 7. The summed E-state index contributed by atoms with van der Waals surface area (Å²) in [6, 6.07) is 3.73. The molecule has 0 aliphatic heterocycles. The molecule has 102 valence electrons. The molecule has 0 radical (unpaired) electrons. The zero-order valence-corrected chi connectivity index (χ0v) is 12.5. The fraction of sp³-hybridized carbons (Fsp3) is 0.545. The SMILES string of the molecule is COCC(O)CNC(=O)NCCc1ccc(Br)s1. The zero-order valence-electron chi connectivity index (χ0n) is 10.1. The maximum absolute atomic E-state index is 11.4. The lowest BCUT2D eigenvalue weighted by Gasteiger charge is -2.11. The van der Waals surface area contributed by atoms with Crippen LogP contribution in [0.15, 0.2) is 15.9 Å². The third-order valence-corrected chi connectivity index (χ3v) is 3.83. The van der Waals surface area contributed by atoms with Gasteiger partial charge in [-0.15, -0.1) is 11.3 Å². The van der Waals surface area contributed by atoms with Crippen LogP contribution in [-0.4, -0.2) is 44.0 Å². The first-order valence-electron chi connectivity index (χ1n) is 5.54. The Balaban J connectivity index is 2.10. The Morgan fingerprint density at radius 2 is 2.33 bits per heavy atom. The van der Waals surface area contributed by atoms with Gasteiger partial charge in [0.2, 0.25) is 0 Å². The van der Waals surface area contributed by atoms with E-state index in [4.69, 9.17) is 4.74 Å². The third-order valence-electron chi connectivity index (χ3n) is 2.14. The largest absolute Gasteiger partial charge is 0.389 e. The van der Waals surface area contributed by atoms with Crippen molar-refractivity contribution in [3.63, 3.8) is 0 Å². The highest BCUT2D eigenvalue weighted by molar-refractivity contribution is 9.11. The van der Waals surface area contributed by atoms with Gasteiger partial charge in [-0.2, -0.15) is 0 Å². The average Bonchev–Trinajstić information content (AvgIpc) is 2.73. The van der Waals surface area contributed by atoms with E-state index in [-0.39, 0.29) is 19.2 Å². The summed E-state index contributed by atoms with van der Waals surface area (Å²) in [7, 11) is 1.50. The van der Waals surface area contributed by atoms with E-state index in [2.05, 4.69) is 26.6 Å². The molecule has 1 aromatic rings. The highest BCUT2D eigenvalue weighted by Gasteiger charge is 2.06. The molecule has 1 rings (SSSR count). The second kappa shape index (κ2) is 8.47. The number of urea groups is 1. The van der Waals surface area contributed by atoms with E-state index in [0.29, 0.717) is 6.54 Å². The number of hydrogen-bond donors (Lipinski definition) is 3. The van der Waals surface area contributed by atoms with Crippen LogP contribution < -0.4 is 10.6 Å². The van der Waals surface area contributed by atoms with Crippen molar-refractivity contribution in [2.45, 2.75) is 12.5 Å². The molecule has 0 aliphatic rings. The summed E-state index contributed by atoms with van der Waals surface area (Å²) in [6.07, 6.45) is 0.124. The smallest absolute Gasteiger partial charge is 0.314 e. The molecule has 0 saturated carbocycles. The minimum Gasteiger partial charge on any atom is -0.389 e. The van der Waals surface area contributed by atoms with Crippen molar-refractivity contribution in [1.82, 2.24) is 10.6 Å². The van der Waals surface area contributed by atoms with Crippen molar-refractivity contribution in [3.8, 4) is 0 Å². The molecule has 1 aromatic heterocycles. The van der Waals surface area contributed by atoms with Crippen molar-refractivity contribution in [2.75, 3.05) is 26.8 Å². The standard InChI is InChI=1S/C11H17BrN2O3S/c1-17-7-8(15)6-14-11(16)13-5-4-9-2-3-10(12)18-9/h2-3,8,15H,4-7H2,1H3,(H2,13,14,16). The third kappa shape index (κ3) is 6.34. The van der Waals surface area contributed by atoms with E-state index in [1.807, 2.05) is 12.1 Å². The summed E-state index contributed by atoms with van der Waals surface area (Å²) in [6.45, 7) is 0.965. The van der Waals surface area contributed by atoms with Gasteiger partial charge in [-0.3, -0.25) is 0 Å². The lowest BCUT2D eigenvalue weighted by molar-refractivity contribution is 0.0660. The van der Waals surface area contributed by atoms with Gasteiger partial charge in [0.25, 0.3) is 0 Å². The van der Waals surface area contributed by atoms with Gasteiger partial charge >= 0.3 is 6.03 Å². The van der Waals surface area contributed by atoms with Crippen molar-refractivity contribution in [3.05, 3.63) is 20.8 Å². The van der Waals surface area contributed by atoms with Crippen molar-refractivity contribution in [2.24, 2.45) is 0 Å². The molecule has 7 heteroatoms. The van der Waals surface area contributed by atoms with E-state index in [1.165, 1.54) is 12.0 Å². The quantitative estimate of drug-likeness (QED) is 0.704. The van der Waals surface area contributed by atoms with Gasteiger partial charge in [0.05, 0.1) is 16.5 Å². The zero-order chi connectivity index (χ0) is 13.4. The number of halogens is 1. The molecule has 3 N–H and O–H groups in total. The molecule has 1 heterocycles. The Labute approximate surface area is 119 Å². The first-order chi connectivity index (χ1) is 8.61. The highest BCUT2D eigenvalue weighted by atomic mass is 79.9. The molecule has 0 saturated heterocycles. The molecular formula is C11H17BrN2O3S. The average molecular weight is 337 g/mol. The number of thiophene rings is 1. The first-order valence-corrected chi connectivity index (χ1v) is 7.15. The van der Waals surface area contributed by atoms with Crippen molar-refractivity contribution < 1.29 is 14.6 Å². The molecule has 0 spiro atoms. The van der Waals surface area contributed by atoms with E-state index in [9.17, 15) is 9.90 Å². The molecule has 18 heavy (non-hydrogen) atoms. The highest BCUT2D eigenvalue weighted by Crippen LogP contribution is 2.21. The second-order valence-electron chi connectivity index (χ2n) is 3.70. The topological polar surface area (TPSA) is 70.6 Å². The van der Waals surface area contributed by atoms with E-state index < -0.39 is 6.10 Å². The molecule has 0 fully saturated rings. The number of carbonyl (C=O) groups excluding carboxylic acids is 1. The number of aliphatic hydroxyl groups excluding tert-OH is 1. The molecule has 0 aliphatic carbocycles. The second-order valence-corrected chi connectivity index (χ2v) is 6.25. The summed E-state index contributed by atoms with van der Waals surface area (Å²) in [4.78, 5) is 12.6. The van der Waals surface area contributed by atoms with Crippen LogP contribution in [0.5, 0.6) is 0 Å². The molecule has 0 bridgehead atoms. The summed E-state index contributed by atoms with van der Waals surface area (Å²) in [5.41, 5.74) is 0. The maximum Gasteiger partial charge on any atom is 0.314 e. The minimum atomic E-state index is -0.672. The molecule has 2 amide bonds. The van der Waals surface area contributed by atoms with Crippen LogP contribution in [0.2, 0.25) is 0 Å². The van der Waals surface area contributed by atoms with Gasteiger partial charge in [-0.05, 0) is 34.5 Å². The number of nitrogens with one attached hydrogen (secondary N) is 2. The predicted molar refractivity (Wildman–Crippen MR) is 75.0 cm³/mol. The normalized spacial score (nSPS) is 12.2. The van der Waals surface area contributed by atoms with Crippen LogP contribution in [-0.2, 0) is 11.2 Å². The fourth-order valence-corrected chi connectivity index (χ4v) is 2.79. The summed E-state index contributed by atoms with van der Waals surface area (Å²) in [5.74, 6) is 0. The van der Waals surface area contributed by atoms with Gasteiger partial charge < -0.3 is 20.5 Å². The number of amides is 2. The van der Waals surface area contributed by atoms with E-state index in [0.717, 1.165) is 10.2 Å². The van der Waals surface area contributed by atoms with E-state index in [1.54, 1.807) is 11.3 Å². The van der Waals surface area contributed by atoms with Gasteiger partial charge in [0.1, 0.15) is 0 Å². The summed E-state index contributed by atoms with van der Waals surface area (Å²) < 4.78 is 5.84. The van der Waals surface area contributed by atoms with Gasteiger partial charge in [-0.1, -0.05) is 0 Å². The number of hydrogen-bond acceptors (Lipinski definition) is 4. The van der Waals surface area contributed by atoms with Crippen LogP contribution in [0.4, 0.5) is 4.79 Å². The van der Waals surface area contributed by atoms with Crippen LogP contribution in [0, 0.1) is 0 Å². The fourth-order valence-electron chi connectivity index (χ4n) is 1.31. The number of ether oxygens (including phenoxy) is 1. The van der Waals surface area contributed by atoms with Crippen LogP contribution >= 0.6 is 27.3 Å². The lowest BCUT2D eigenvalue weighted by atomic mass is 10.3. The maximum atomic E-state index is 11.4. The molecular weight excluding hydrogens is 320 g/mol. The Kier molecular flexibility index (Phi) is 7.26. The Morgan fingerprint density at radius 1 is 1.56 bits per heavy atom. The molecule has 1 unspecified atom stereocenters. The predicted octanol–water partition coefficient (Wildman–Crippen LogP) is 1.36. The first kappa shape index (κ1) is 15.4. The van der Waals surface area contributed by atoms with Crippen LogP contribution in [0.25, 0.3) is 0 Å². The molecule has 5 nitrogen and oxygen atoms in total. The van der Waals surface area contributed by atoms with Crippen molar-refractivity contribution in [1.29, 1.82) is 0 Å². The Morgan fingerprint density at radius 3 is 2.94 bits per heavy atom. The number of aliphatic hydroxyl groups is 1. The minimum absolute atomic E-state index is 0.185. The van der Waals surface area contributed by atoms with Crippen LogP contribution in [0.3, 0.4) is 0 Å². The summed E-state index contributed by atoms with van der Waals surface area (Å²) in [5, 5.41) is 14.6. The number of methoxy groups -OCH3 is 1. The molecule has 0 aromatic carbocycles. The Bertz CT molecular complexity index is 373. The Hall–Kier alpha value is -0.630. The monoisotopic (exact) mass is 336 g/mol. The lowest BCUT2D eigenvalue weighted by Crippen LogP contribution is -2.41. The van der Waals surface area contributed by atoms with Crippen LogP contribution in [0.1, 0.15) is 4.88 Å². The van der Waals surface area contributed by atoms with E-state index >= 15 is 0 Å². The van der Waals surface area contributed by atoms with Gasteiger partial charge in [0.15, 0.2) is 0 Å². The van der Waals surface area contributed by atoms with Gasteiger partial charge in [-0.25, -0.2) is 4.79 Å². The summed E-state index contributed by atoms with van der Waals surface area (Å²) >= 11 is 5.04. The number of carbonyl (C=O) groups is 1.